The summed E-state index contributed by atoms with van der Waals surface area (Å²) in [7, 11) is 0. The number of fused-ring (bicyclic) bond motifs is 1. The van der Waals surface area contributed by atoms with Crippen LogP contribution in [0.1, 0.15) is 0 Å². The Balaban J connectivity index is 2.09. The van der Waals surface area contributed by atoms with Gasteiger partial charge < -0.3 is 9.64 Å². The van der Waals surface area contributed by atoms with Crippen LogP contribution in [0.4, 0.5) is 5.69 Å². The molecule has 2 aromatic rings. The third-order valence-electron chi connectivity index (χ3n) is 2.66. The summed E-state index contributed by atoms with van der Waals surface area (Å²) >= 11 is 6.03. The van der Waals surface area contributed by atoms with Crippen LogP contribution < -0.4 is 4.90 Å². The fourth-order valence-electron chi connectivity index (χ4n) is 1.88. The summed E-state index contributed by atoms with van der Waals surface area (Å²) in [6.07, 6.45) is 0. The fourth-order valence-corrected chi connectivity index (χ4v) is 2.09. The Labute approximate surface area is 96.9 Å². The predicted molar refractivity (Wildman–Crippen MR) is 59.8 cm³/mol. The summed E-state index contributed by atoms with van der Waals surface area (Å²) in [6.45, 7) is 3.11. The standard InChI is InChI=1S/C10H10ClN3O2/c11-7-5-8-10(13-16-12-8)9(6-7)14-1-3-15-4-2-14/h5-6H,1-4H2. The summed E-state index contributed by atoms with van der Waals surface area (Å²) < 4.78 is 10.0. The van der Waals surface area contributed by atoms with Crippen LogP contribution in [0.15, 0.2) is 16.8 Å². The molecule has 3 rings (SSSR count). The highest BCUT2D eigenvalue weighted by Gasteiger charge is 2.17. The van der Waals surface area contributed by atoms with Gasteiger partial charge in [-0.2, -0.15) is 0 Å². The average Bonchev–Trinajstić information content (AvgIpc) is 2.77. The minimum Gasteiger partial charge on any atom is -0.378 e. The second-order valence-electron chi connectivity index (χ2n) is 3.66. The van der Waals surface area contributed by atoms with Crippen LogP contribution in [0.5, 0.6) is 0 Å². The highest BCUT2D eigenvalue weighted by molar-refractivity contribution is 6.31. The molecule has 0 saturated carbocycles. The number of benzene rings is 1. The summed E-state index contributed by atoms with van der Waals surface area (Å²) in [5, 5.41) is 8.36. The number of hydrogen-bond acceptors (Lipinski definition) is 5. The molecule has 0 aliphatic carbocycles. The smallest absolute Gasteiger partial charge is 0.158 e. The number of hydrogen-bond donors (Lipinski definition) is 0. The third-order valence-corrected chi connectivity index (χ3v) is 2.88. The van der Waals surface area contributed by atoms with Gasteiger partial charge in [0.15, 0.2) is 5.52 Å². The number of halogens is 1. The first-order valence-electron chi connectivity index (χ1n) is 5.09. The number of anilines is 1. The van der Waals surface area contributed by atoms with E-state index in [1.54, 1.807) is 6.07 Å². The van der Waals surface area contributed by atoms with Crippen molar-refractivity contribution in [1.82, 2.24) is 10.3 Å². The molecule has 0 radical (unpaired) electrons. The van der Waals surface area contributed by atoms with Crippen LogP contribution in [0, 0.1) is 0 Å². The Kier molecular flexibility index (Phi) is 2.41. The zero-order valence-electron chi connectivity index (χ0n) is 8.52. The van der Waals surface area contributed by atoms with Gasteiger partial charge in [0.05, 0.1) is 18.9 Å². The van der Waals surface area contributed by atoms with Gasteiger partial charge in [0.1, 0.15) is 5.52 Å². The molecule has 1 aliphatic rings. The topological polar surface area (TPSA) is 51.4 Å². The van der Waals surface area contributed by atoms with E-state index in [0.29, 0.717) is 10.5 Å². The third kappa shape index (κ3) is 1.62. The summed E-state index contributed by atoms with van der Waals surface area (Å²) in [4.78, 5) is 2.18. The number of nitrogens with zero attached hydrogens (tertiary/aromatic N) is 3. The molecular weight excluding hydrogens is 230 g/mol. The lowest BCUT2D eigenvalue weighted by Crippen LogP contribution is -2.36. The highest BCUT2D eigenvalue weighted by Crippen LogP contribution is 2.29. The minimum atomic E-state index is 0.643. The monoisotopic (exact) mass is 239 g/mol. The van der Waals surface area contributed by atoms with Gasteiger partial charge in [-0.15, -0.1) is 0 Å². The minimum absolute atomic E-state index is 0.643. The molecule has 0 amide bonds. The maximum Gasteiger partial charge on any atom is 0.158 e. The molecule has 6 heteroatoms. The van der Waals surface area contributed by atoms with Gasteiger partial charge in [-0.3, -0.25) is 0 Å². The molecule has 0 spiro atoms. The van der Waals surface area contributed by atoms with Gasteiger partial charge in [-0.05, 0) is 22.4 Å². The Morgan fingerprint density at radius 3 is 2.81 bits per heavy atom. The zero-order valence-corrected chi connectivity index (χ0v) is 9.28. The van der Waals surface area contributed by atoms with Crippen molar-refractivity contribution in [1.29, 1.82) is 0 Å². The Bertz CT molecular complexity index is 508. The first-order chi connectivity index (χ1) is 7.84. The van der Waals surface area contributed by atoms with Crippen molar-refractivity contribution in [2.75, 3.05) is 31.2 Å². The van der Waals surface area contributed by atoms with E-state index in [1.165, 1.54) is 0 Å². The maximum absolute atomic E-state index is 6.03. The Hall–Kier alpha value is -1.33. The van der Waals surface area contributed by atoms with Crippen molar-refractivity contribution in [2.24, 2.45) is 0 Å². The van der Waals surface area contributed by atoms with Gasteiger partial charge in [0.25, 0.3) is 0 Å². The van der Waals surface area contributed by atoms with Crippen molar-refractivity contribution in [3.8, 4) is 0 Å². The first-order valence-corrected chi connectivity index (χ1v) is 5.47. The number of aromatic nitrogens is 2. The number of morpholine rings is 1. The first kappa shape index (κ1) is 9.86. The van der Waals surface area contributed by atoms with E-state index in [1.807, 2.05) is 6.07 Å². The van der Waals surface area contributed by atoms with Gasteiger partial charge in [-0.25, -0.2) is 4.63 Å². The van der Waals surface area contributed by atoms with E-state index in [0.717, 1.165) is 37.5 Å². The van der Waals surface area contributed by atoms with E-state index in [-0.39, 0.29) is 0 Å². The molecule has 0 N–H and O–H groups in total. The molecule has 1 aromatic carbocycles. The molecule has 0 atom stereocenters. The molecule has 0 unspecified atom stereocenters. The number of rotatable bonds is 1. The largest absolute Gasteiger partial charge is 0.378 e. The second kappa shape index (κ2) is 3.92. The number of ether oxygens (including phenoxy) is 1. The van der Waals surface area contributed by atoms with Crippen LogP contribution >= 0.6 is 11.6 Å². The molecule has 2 heterocycles. The molecule has 84 valence electrons. The molecule has 5 nitrogen and oxygen atoms in total. The van der Waals surface area contributed by atoms with Crippen LogP contribution in [0.2, 0.25) is 5.02 Å². The predicted octanol–water partition coefficient (Wildman–Crippen LogP) is 1.71. The molecule has 16 heavy (non-hydrogen) atoms. The lowest BCUT2D eigenvalue weighted by Gasteiger charge is -2.28. The van der Waals surface area contributed by atoms with E-state index in [4.69, 9.17) is 21.0 Å². The molecular formula is C10H10ClN3O2. The average molecular weight is 240 g/mol. The van der Waals surface area contributed by atoms with Gasteiger partial charge in [0.2, 0.25) is 0 Å². The molecule has 1 aromatic heterocycles. The van der Waals surface area contributed by atoms with E-state index in [2.05, 4.69) is 15.2 Å². The van der Waals surface area contributed by atoms with Crippen molar-refractivity contribution in [3.05, 3.63) is 17.2 Å². The Morgan fingerprint density at radius 1 is 1.19 bits per heavy atom. The highest BCUT2D eigenvalue weighted by atomic mass is 35.5. The Morgan fingerprint density at radius 2 is 2.00 bits per heavy atom. The van der Waals surface area contributed by atoms with Crippen LogP contribution in [0.25, 0.3) is 11.0 Å². The zero-order chi connectivity index (χ0) is 11.0. The quantitative estimate of drug-likeness (QED) is 0.758. The lowest BCUT2D eigenvalue weighted by molar-refractivity contribution is 0.123. The molecule has 0 bridgehead atoms. The van der Waals surface area contributed by atoms with Crippen molar-refractivity contribution in [3.63, 3.8) is 0 Å². The second-order valence-corrected chi connectivity index (χ2v) is 4.09. The van der Waals surface area contributed by atoms with Gasteiger partial charge in [0, 0.05) is 18.1 Å². The van der Waals surface area contributed by atoms with E-state index in [9.17, 15) is 0 Å². The lowest BCUT2D eigenvalue weighted by atomic mass is 10.2. The van der Waals surface area contributed by atoms with Crippen LogP contribution in [0.3, 0.4) is 0 Å². The van der Waals surface area contributed by atoms with Crippen LogP contribution in [-0.4, -0.2) is 36.6 Å². The van der Waals surface area contributed by atoms with Crippen molar-refractivity contribution >= 4 is 28.3 Å². The molecule has 1 aliphatic heterocycles. The fraction of sp³-hybridized carbons (Fsp3) is 0.400. The van der Waals surface area contributed by atoms with E-state index >= 15 is 0 Å². The summed E-state index contributed by atoms with van der Waals surface area (Å²) in [5.74, 6) is 0. The van der Waals surface area contributed by atoms with Crippen molar-refractivity contribution in [2.45, 2.75) is 0 Å². The van der Waals surface area contributed by atoms with Crippen molar-refractivity contribution < 1.29 is 9.37 Å². The summed E-state index contributed by atoms with van der Waals surface area (Å²) in [5.41, 5.74) is 2.41. The molecule has 1 fully saturated rings. The summed E-state index contributed by atoms with van der Waals surface area (Å²) in [6, 6.07) is 3.64. The maximum atomic E-state index is 6.03. The van der Waals surface area contributed by atoms with Crippen LogP contribution in [-0.2, 0) is 4.74 Å². The SMILES string of the molecule is Clc1cc(N2CCOCC2)c2nonc2c1. The van der Waals surface area contributed by atoms with E-state index < -0.39 is 0 Å². The van der Waals surface area contributed by atoms with Gasteiger partial charge in [-0.1, -0.05) is 11.6 Å². The van der Waals surface area contributed by atoms with Gasteiger partial charge >= 0.3 is 0 Å². The normalized spacial score (nSPS) is 16.9. The molecule has 1 saturated heterocycles.